The Balaban J connectivity index is 1.36. The number of ether oxygens (including phenoxy) is 2. The van der Waals surface area contributed by atoms with Crippen LogP contribution in [0.2, 0.25) is 0 Å². The van der Waals surface area contributed by atoms with E-state index in [1.54, 1.807) is 41.5 Å². The number of nitrogens with one attached hydrogen (secondary N) is 1. The lowest BCUT2D eigenvalue weighted by atomic mass is 10.1. The van der Waals surface area contributed by atoms with Gasteiger partial charge >= 0.3 is 0 Å². The number of benzene rings is 2. The number of fused-ring (bicyclic) bond motifs is 1. The number of Topliss-reactive ketones (excluding diaryl/α,β-unsaturated/α-hetero) is 1. The van der Waals surface area contributed by atoms with E-state index in [1.807, 2.05) is 31.2 Å². The van der Waals surface area contributed by atoms with Crippen LogP contribution < -0.4 is 19.7 Å². The zero-order valence-electron chi connectivity index (χ0n) is 18.9. The van der Waals surface area contributed by atoms with Crippen molar-refractivity contribution in [3.05, 3.63) is 77.7 Å². The number of rotatable bonds is 10. The molecule has 1 N–H and O–H groups in total. The number of furan rings is 1. The molecule has 0 saturated heterocycles. The highest BCUT2D eigenvalue weighted by atomic mass is 16.5. The normalized spacial score (nSPS) is 12.6. The van der Waals surface area contributed by atoms with Crippen LogP contribution in [0.1, 0.15) is 34.5 Å². The van der Waals surface area contributed by atoms with E-state index in [2.05, 4.69) is 5.32 Å². The van der Waals surface area contributed by atoms with E-state index < -0.39 is 0 Å². The molecule has 2 heterocycles. The second-order valence-corrected chi connectivity index (χ2v) is 7.95. The SMILES string of the molecule is Cc1ccccc1OCC(=O)c1ccc2c(c1)N(CCCC(=O)NCc1ccco1)C(=O)CO2. The summed E-state index contributed by atoms with van der Waals surface area (Å²) in [4.78, 5) is 39.0. The third-order valence-electron chi connectivity index (χ3n) is 5.50. The Bertz CT molecular complexity index is 1170. The summed E-state index contributed by atoms with van der Waals surface area (Å²) in [6.45, 7) is 2.37. The van der Waals surface area contributed by atoms with E-state index in [-0.39, 0.29) is 37.2 Å². The molecule has 8 nitrogen and oxygen atoms in total. The average Bonchev–Trinajstić information content (AvgIpc) is 3.37. The standard InChI is InChI=1S/C26H26N2O6/c1-18-6-2-3-8-23(18)33-16-22(29)19-10-11-24-21(14-19)28(26(31)17-34-24)12-4-9-25(30)27-15-20-7-5-13-32-20/h2-3,5-8,10-11,13-14H,4,9,12,15-17H2,1H3,(H,27,30). The van der Waals surface area contributed by atoms with Gasteiger partial charge in [-0.05, 0) is 55.3 Å². The third kappa shape index (κ3) is 5.64. The number of hydrogen-bond acceptors (Lipinski definition) is 6. The number of carbonyl (C=O) groups excluding carboxylic acids is 3. The van der Waals surface area contributed by atoms with Crippen LogP contribution in [0.5, 0.6) is 11.5 Å². The maximum atomic E-state index is 12.7. The Morgan fingerprint density at radius 3 is 2.76 bits per heavy atom. The largest absolute Gasteiger partial charge is 0.485 e. The van der Waals surface area contributed by atoms with E-state index in [1.165, 1.54) is 0 Å². The van der Waals surface area contributed by atoms with Crippen LogP contribution in [0, 0.1) is 6.92 Å². The molecule has 0 aliphatic carbocycles. The molecule has 1 aromatic heterocycles. The van der Waals surface area contributed by atoms with Crippen molar-refractivity contribution in [1.82, 2.24) is 5.32 Å². The first-order valence-electron chi connectivity index (χ1n) is 11.1. The second kappa shape index (κ2) is 10.7. The first kappa shape index (κ1) is 23.1. The maximum absolute atomic E-state index is 12.7. The van der Waals surface area contributed by atoms with Gasteiger partial charge in [-0.3, -0.25) is 14.4 Å². The van der Waals surface area contributed by atoms with Crippen molar-refractivity contribution in [2.24, 2.45) is 0 Å². The first-order valence-corrected chi connectivity index (χ1v) is 11.1. The molecule has 34 heavy (non-hydrogen) atoms. The van der Waals surface area contributed by atoms with Gasteiger partial charge in [-0.25, -0.2) is 0 Å². The number of ketones is 1. The van der Waals surface area contributed by atoms with Crippen LogP contribution in [-0.4, -0.2) is 37.4 Å². The molecule has 3 aromatic rings. The first-order chi connectivity index (χ1) is 16.5. The summed E-state index contributed by atoms with van der Waals surface area (Å²) >= 11 is 0. The molecule has 2 aromatic carbocycles. The van der Waals surface area contributed by atoms with Crippen LogP contribution in [0.15, 0.2) is 65.3 Å². The van der Waals surface area contributed by atoms with E-state index in [4.69, 9.17) is 13.9 Å². The molecule has 2 amide bonds. The van der Waals surface area contributed by atoms with Crippen LogP contribution in [-0.2, 0) is 16.1 Å². The predicted molar refractivity (Wildman–Crippen MR) is 125 cm³/mol. The molecule has 1 aliphatic heterocycles. The highest BCUT2D eigenvalue weighted by Crippen LogP contribution is 2.33. The van der Waals surface area contributed by atoms with Crippen LogP contribution in [0.4, 0.5) is 5.69 Å². The summed E-state index contributed by atoms with van der Waals surface area (Å²) < 4.78 is 16.4. The highest BCUT2D eigenvalue weighted by Gasteiger charge is 2.26. The predicted octanol–water partition coefficient (Wildman–Crippen LogP) is 3.67. The Morgan fingerprint density at radius 2 is 1.97 bits per heavy atom. The van der Waals surface area contributed by atoms with Crippen molar-refractivity contribution >= 4 is 23.3 Å². The molecule has 176 valence electrons. The lowest BCUT2D eigenvalue weighted by Crippen LogP contribution is -2.40. The van der Waals surface area contributed by atoms with Gasteiger partial charge in [0.25, 0.3) is 5.91 Å². The van der Waals surface area contributed by atoms with Crippen LogP contribution in [0.3, 0.4) is 0 Å². The van der Waals surface area contributed by atoms with Gasteiger partial charge in [-0.15, -0.1) is 0 Å². The van der Waals surface area contributed by atoms with Gasteiger partial charge in [0, 0.05) is 18.5 Å². The molecule has 0 fully saturated rings. The summed E-state index contributed by atoms with van der Waals surface area (Å²) in [5.41, 5.74) is 1.89. The number of hydrogen-bond donors (Lipinski definition) is 1. The molecule has 0 unspecified atom stereocenters. The molecule has 8 heteroatoms. The van der Waals surface area contributed by atoms with Crippen LogP contribution >= 0.6 is 0 Å². The van der Waals surface area contributed by atoms with E-state index in [9.17, 15) is 14.4 Å². The minimum absolute atomic E-state index is 0.0820. The summed E-state index contributed by atoms with van der Waals surface area (Å²) in [6, 6.07) is 16.0. The van der Waals surface area contributed by atoms with Gasteiger partial charge in [-0.1, -0.05) is 18.2 Å². The second-order valence-electron chi connectivity index (χ2n) is 7.95. The zero-order chi connectivity index (χ0) is 23.9. The molecule has 0 radical (unpaired) electrons. The molecular weight excluding hydrogens is 436 g/mol. The molecule has 1 aliphatic rings. The van der Waals surface area contributed by atoms with Crippen molar-refractivity contribution in [2.75, 3.05) is 24.7 Å². The van der Waals surface area contributed by atoms with Gasteiger partial charge in [0.1, 0.15) is 17.3 Å². The summed E-state index contributed by atoms with van der Waals surface area (Å²) in [7, 11) is 0. The topological polar surface area (TPSA) is 98.1 Å². The minimum atomic E-state index is -0.218. The fraction of sp³-hybridized carbons (Fsp3) is 0.269. The molecule has 0 bridgehead atoms. The quantitative estimate of drug-likeness (QED) is 0.462. The molecule has 0 saturated carbocycles. The van der Waals surface area contributed by atoms with Gasteiger partial charge < -0.3 is 24.1 Å². The van der Waals surface area contributed by atoms with E-state index in [0.717, 1.165) is 5.56 Å². The van der Waals surface area contributed by atoms with Crippen molar-refractivity contribution in [3.8, 4) is 11.5 Å². The zero-order valence-corrected chi connectivity index (χ0v) is 18.9. The van der Waals surface area contributed by atoms with Gasteiger partial charge in [0.15, 0.2) is 19.0 Å². The molecule has 0 atom stereocenters. The number of amides is 2. The van der Waals surface area contributed by atoms with E-state index in [0.29, 0.717) is 48.0 Å². The number of aryl methyl sites for hydroxylation is 1. The van der Waals surface area contributed by atoms with Crippen molar-refractivity contribution in [2.45, 2.75) is 26.3 Å². The Kier molecular flexibility index (Phi) is 7.27. The third-order valence-corrected chi connectivity index (χ3v) is 5.50. The summed E-state index contributed by atoms with van der Waals surface area (Å²) in [5.74, 6) is 1.30. The Hall–Kier alpha value is -4.07. The number of para-hydroxylation sites is 1. The Morgan fingerprint density at radius 1 is 1.12 bits per heavy atom. The number of anilines is 1. The fourth-order valence-corrected chi connectivity index (χ4v) is 3.65. The smallest absolute Gasteiger partial charge is 0.265 e. The van der Waals surface area contributed by atoms with Crippen LogP contribution in [0.25, 0.3) is 0 Å². The molecule has 4 rings (SSSR count). The molecular formula is C26H26N2O6. The van der Waals surface area contributed by atoms with Gasteiger partial charge in [0.2, 0.25) is 5.91 Å². The van der Waals surface area contributed by atoms with Crippen molar-refractivity contribution in [1.29, 1.82) is 0 Å². The summed E-state index contributed by atoms with van der Waals surface area (Å²) in [5, 5.41) is 2.79. The van der Waals surface area contributed by atoms with Gasteiger partial charge in [-0.2, -0.15) is 0 Å². The van der Waals surface area contributed by atoms with Crippen molar-refractivity contribution < 1.29 is 28.3 Å². The monoisotopic (exact) mass is 462 g/mol. The number of nitrogens with zero attached hydrogens (tertiary/aromatic N) is 1. The average molecular weight is 463 g/mol. The lowest BCUT2D eigenvalue weighted by molar-refractivity contribution is -0.123. The maximum Gasteiger partial charge on any atom is 0.265 e. The van der Waals surface area contributed by atoms with Crippen molar-refractivity contribution in [3.63, 3.8) is 0 Å². The van der Waals surface area contributed by atoms with Gasteiger partial charge in [0.05, 0.1) is 18.5 Å². The molecule has 0 spiro atoms. The van der Waals surface area contributed by atoms with E-state index >= 15 is 0 Å². The fourth-order valence-electron chi connectivity index (χ4n) is 3.65. The Labute approximate surface area is 197 Å². The minimum Gasteiger partial charge on any atom is -0.485 e. The summed E-state index contributed by atoms with van der Waals surface area (Å²) in [6.07, 6.45) is 2.27. The highest BCUT2D eigenvalue weighted by molar-refractivity contribution is 6.02. The number of carbonyl (C=O) groups is 3. The lowest BCUT2D eigenvalue weighted by Gasteiger charge is -2.29.